The van der Waals surface area contributed by atoms with Crippen molar-refractivity contribution < 1.29 is 4.74 Å². The average molecular weight is 239 g/mol. The zero-order valence-corrected chi connectivity index (χ0v) is 11.2. The summed E-state index contributed by atoms with van der Waals surface area (Å²) < 4.78 is 5.21. The van der Waals surface area contributed by atoms with Gasteiger partial charge in [0.2, 0.25) is 0 Å². The van der Waals surface area contributed by atoms with E-state index < -0.39 is 0 Å². The Labute approximate surface area is 103 Å². The average Bonchev–Trinajstić information content (AvgIpc) is 2.12. The highest BCUT2D eigenvalue weighted by Gasteiger charge is 2.39. The summed E-state index contributed by atoms with van der Waals surface area (Å²) in [7, 11) is 0. The fraction of sp³-hybridized carbons (Fsp3) is 0.571. The molecule has 1 fully saturated rings. The molecule has 0 N–H and O–H groups in total. The molecule has 1 nitrogen and oxygen atoms in total. The molecule has 1 aliphatic heterocycles. The van der Waals surface area contributed by atoms with Crippen LogP contribution >= 0.6 is 11.6 Å². The number of alkyl halides is 1. The first-order valence-electron chi connectivity index (χ1n) is 5.71. The van der Waals surface area contributed by atoms with Crippen molar-refractivity contribution in [2.24, 2.45) is 0 Å². The number of benzene rings is 1. The maximum absolute atomic E-state index is 6.48. The smallest absolute Gasteiger partial charge is 0.116 e. The van der Waals surface area contributed by atoms with Crippen molar-refractivity contribution in [1.29, 1.82) is 0 Å². The van der Waals surface area contributed by atoms with Crippen molar-refractivity contribution in [2.75, 3.05) is 13.2 Å². The molecule has 2 heteroatoms. The van der Waals surface area contributed by atoms with Gasteiger partial charge in [0.15, 0.2) is 0 Å². The quantitative estimate of drug-likeness (QED) is 0.677. The molecule has 1 saturated heterocycles. The summed E-state index contributed by atoms with van der Waals surface area (Å²) in [5.41, 5.74) is 4.03. The minimum absolute atomic E-state index is 0.193. The zero-order chi connectivity index (χ0) is 12.0. The van der Waals surface area contributed by atoms with E-state index in [2.05, 4.69) is 45.9 Å². The van der Waals surface area contributed by atoms with Gasteiger partial charge in [0.05, 0.1) is 13.2 Å². The van der Waals surface area contributed by atoms with Crippen LogP contribution in [-0.2, 0) is 15.0 Å². The maximum atomic E-state index is 6.48. The topological polar surface area (TPSA) is 9.23 Å². The summed E-state index contributed by atoms with van der Waals surface area (Å²) in [6, 6.07) is 6.59. The van der Waals surface area contributed by atoms with E-state index in [1.165, 1.54) is 16.7 Å². The van der Waals surface area contributed by atoms with Crippen LogP contribution in [0.15, 0.2) is 18.2 Å². The van der Waals surface area contributed by atoms with Gasteiger partial charge in [-0.15, -0.1) is 11.6 Å². The van der Waals surface area contributed by atoms with Crippen LogP contribution in [0.25, 0.3) is 0 Å². The highest BCUT2D eigenvalue weighted by Crippen LogP contribution is 2.39. The molecular weight excluding hydrogens is 220 g/mol. The number of ether oxygens (including phenoxy) is 1. The summed E-state index contributed by atoms with van der Waals surface area (Å²) in [5.74, 6) is 0. The fourth-order valence-corrected chi connectivity index (χ4v) is 2.44. The Balaban J connectivity index is 2.37. The van der Waals surface area contributed by atoms with Crippen LogP contribution in [0.4, 0.5) is 0 Å². The van der Waals surface area contributed by atoms with Crippen LogP contribution < -0.4 is 0 Å². The Morgan fingerprint density at radius 1 is 1.25 bits per heavy atom. The molecule has 0 spiro atoms. The molecule has 0 aliphatic carbocycles. The predicted octanol–water partition coefficient (Wildman–Crippen LogP) is 3.76. The highest BCUT2D eigenvalue weighted by molar-refractivity contribution is 6.24. The minimum atomic E-state index is -0.277. The van der Waals surface area contributed by atoms with Gasteiger partial charge in [-0.1, -0.05) is 39.0 Å². The van der Waals surface area contributed by atoms with Crippen LogP contribution in [0.5, 0.6) is 0 Å². The normalized spacial score (nSPS) is 19.3. The number of rotatable bonds is 1. The number of hydrogen-bond acceptors (Lipinski definition) is 1. The van der Waals surface area contributed by atoms with Gasteiger partial charge in [-0.05, 0) is 29.0 Å². The SMILES string of the molecule is Cc1cc(C(C)(C)C)ccc1C1(Cl)COC1. The monoisotopic (exact) mass is 238 g/mol. The predicted molar refractivity (Wildman–Crippen MR) is 68.2 cm³/mol. The third kappa shape index (κ3) is 1.99. The molecule has 0 unspecified atom stereocenters. The second-order valence-corrected chi connectivity index (χ2v) is 6.46. The van der Waals surface area contributed by atoms with Crippen molar-refractivity contribution >= 4 is 11.6 Å². The number of hydrogen-bond donors (Lipinski definition) is 0. The van der Waals surface area contributed by atoms with E-state index in [0.717, 1.165) is 0 Å². The molecule has 16 heavy (non-hydrogen) atoms. The lowest BCUT2D eigenvalue weighted by Crippen LogP contribution is -2.42. The lowest BCUT2D eigenvalue weighted by atomic mass is 9.83. The van der Waals surface area contributed by atoms with Crippen molar-refractivity contribution in [2.45, 2.75) is 38.0 Å². The van der Waals surface area contributed by atoms with Crippen molar-refractivity contribution in [3.63, 3.8) is 0 Å². The van der Waals surface area contributed by atoms with Crippen molar-refractivity contribution in [1.82, 2.24) is 0 Å². The van der Waals surface area contributed by atoms with Crippen LogP contribution in [0.2, 0.25) is 0 Å². The first-order valence-corrected chi connectivity index (χ1v) is 6.09. The van der Waals surface area contributed by atoms with E-state index in [9.17, 15) is 0 Å². The zero-order valence-electron chi connectivity index (χ0n) is 10.4. The van der Waals surface area contributed by atoms with Gasteiger partial charge >= 0.3 is 0 Å². The van der Waals surface area contributed by atoms with Gasteiger partial charge in [0.1, 0.15) is 4.87 Å². The molecule has 0 saturated carbocycles. The van der Waals surface area contributed by atoms with Crippen LogP contribution in [0.1, 0.15) is 37.5 Å². The van der Waals surface area contributed by atoms with Gasteiger partial charge in [0, 0.05) is 0 Å². The largest absolute Gasteiger partial charge is 0.377 e. The standard InChI is InChI=1S/C14H19ClO/c1-10-7-11(13(2,3)4)5-6-12(10)14(15)8-16-9-14/h5-7H,8-9H2,1-4H3. The Kier molecular flexibility index (Phi) is 2.80. The summed E-state index contributed by atoms with van der Waals surface area (Å²) in [5, 5.41) is 0. The summed E-state index contributed by atoms with van der Waals surface area (Å²) in [4.78, 5) is -0.277. The number of aryl methyl sites for hydroxylation is 1. The molecule has 0 aromatic heterocycles. The second kappa shape index (κ2) is 3.75. The van der Waals surface area contributed by atoms with Crippen LogP contribution in [-0.4, -0.2) is 13.2 Å². The van der Waals surface area contributed by atoms with Gasteiger partial charge in [-0.25, -0.2) is 0 Å². The Bertz CT molecular complexity index is 400. The minimum Gasteiger partial charge on any atom is -0.377 e. The van der Waals surface area contributed by atoms with E-state index in [0.29, 0.717) is 13.2 Å². The lowest BCUT2D eigenvalue weighted by Gasteiger charge is -2.37. The van der Waals surface area contributed by atoms with E-state index in [4.69, 9.17) is 16.3 Å². The molecule has 1 aromatic carbocycles. The molecule has 1 aromatic rings. The van der Waals surface area contributed by atoms with E-state index in [1.54, 1.807) is 0 Å². The van der Waals surface area contributed by atoms with Crippen molar-refractivity contribution in [3.8, 4) is 0 Å². The summed E-state index contributed by atoms with van der Waals surface area (Å²) in [6.45, 7) is 10.1. The number of halogens is 1. The summed E-state index contributed by atoms with van der Waals surface area (Å²) in [6.07, 6.45) is 0. The molecule has 0 amide bonds. The second-order valence-electron chi connectivity index (χ2n) is 5.74. The van der Waals surface area contributed by atoms with Gasteiger partial charge < -0.3 is 4.74 Å². The van der Waals surface area contributed by atoms with E-state index in [1.807, 2.05) is 0 Å². The first kappa shape index (κ1) is 11.9. The summed E-state index contributed by atoms with van der Waals surface area (Å²) >= 11 is 6.48. The van der Waals surface area contributed by atoms with E-state index >= 15 is 0 Å². The molecule has 0 radical (unpaired) electrons. The van der Waals surface area contributed by atoms with Crippen molar-refractivity contribution in [3.05, 3.63) is 34.9 Å². The molecular formula is C14H19ClO. The molecule has 1 heterocycles. The first-order chi connectivity index (χ1) is 7.33. The Hall–Kier alpha value is -0.530. The molecule has 1 aliphatic rings. The molecule has 0 atom stereocenters. The fourth-order valence-electron chi connectivity index (χ4n) is 2.07. The lowest BCUT2D eigenvalue weighted by molar-refractivity contribution is -0.0155. The molecule has 2 rings (SSSR count). The maximum Gasteiger partial charge on any atom is 0.116 e. The van der Waals surface area contributed by atoms with Crippen LogP contribution in [0, 0.1) is 6.92 Å². The third-order valence-electron chi connectivity index (χ3n) is 3.24. The van der Waals surface area contributed by atoms with Gasteiger partial charge in [-0.2, -0.15) is 0 Å². The third-order valence-corrected chi connectivity index (χ3v) is 3.66. The Morgan fingerprint density at radius 2 is 1.88 bits per heavy atom. The van der Waals surface area contributed by atoms with Gasteiger partial charge in [-0.3, -0.25) is 0 Å². The van der Waals surface area contributed by atoms with Crippen LogP contribution in [0.3, 0.4) is 0 Å². The highest BCUT2D eigenvalue weighted by atomic mass is 35.5. The molecule has 0 bridgehead atoms. The Morgan fingerprint density at radius 3 is 2.25 bits per heavy atom. The molecule has 88 valence electrons. The van der Waals surface area contributed by atoms with Gasteiger partial charge in [0.25, 0.3) is 0 Å². The van der Waals surface area contributed by atoms with E-state index in [-0.39, 0.29) is 10.3 Å².